The molecule has 1 N–H and O–H groups in total. The summed E-state index contributed by atoms with van der Waals surface area (Å²) in [7, 11) is 1.85. The van der Waals surface area contributed by atoms with Crippen molar-refractivity contribution in [3.05, 3.63) is 30.2 Å². The number of aryl methyl sites for hydroxylation is 1. The number of fused-ring (bicyclic) bond motifs is 1. The summed E-state index contributed by atoms with van der Waals surface area (Å²) < 4.78 is 14.6. The van der Waals surface area contributed by atoms with E-state index in [0.29, 0.717) is 5.39 Å². The Hall–Kier alpha value is -1.51. The average Bonchev–Trinajstić information content (AvgIpc) is 2.41. The van der Waals surface area contributed by atoms with Crippen molar-refractivity contribution in [2.45, 2.75) is 0 Å². The lowest BCUT2D eigenvalue weighted by Crippen LogP contribution is -1.84. The summed E-state index contributed by atoms with van der Waals surface area (Å²) in [5, 5.41) is 9.84. The normalized spacial score (nSPS) is 10.8. The van der Waals surface area contributed by atoms with Crippen LogP contribution in [-0.4, -0.2) is 9.67 Å². The van der Waals surface area contributed by atoms with Gasteiger partial charge < -0.3 is 9.67 Å². The molecule has 1 heterocycles. The Bertz CT molecular complexity index is 433. The van der Waals surface area contributed by atoms with Crippen LogP contribution in [0.5, 0.6) is 5.75 Å². The van der Waals surface area contributed by atoms with Crippen LogP contribution >= 0.6 is 0 Å². The lowest BCUT2D eigenvalue weighted by Gasteiger charge is -1.98. The monoisotopic (exact) mass is 165 g/mol. The third kappa shape index (κ3) is 0.794. The summed E-state index contributed by atoms with van der Waals surface area (Å²) in [6.45, 7) is 0. The van der Waals surface area contributed by atoms with Gasteiger partial charge in [-0.05, 0) is 18.2 Å². The fraction of sp³-hybridized carbons (Fsp3) is 0.111. The molecule has 0 unspecified atom stereocenters. The zero-order chi connectivity index (χ0) is 8.72. The predicted octanol–water partition coefficient (Wildman–Crippen LogP) is 2.02. The van der Waals surface area contributed by atoms with Gasteiger partial charge in [-0.3, -0.25) is 0 Å². The van der Waals surface area contributed by atoms with Crippen molar-refractivity contribution in [3.63, 3.8) is 0 Å². The van der Waals surface area contributed by atoms with Gasteiger partial charge in [-0.1, -0.05) is 0 Å². The molecule has 62 valence electrons. The van der Waals surface area contributed by atoms with Crippen molar-refractivity contribution in [2.24, 2.45) is 7.05 Å². The quantitative estimate of drug-likeness (QED) is 0.634. The van der Waals surface area contributed by atoms with Gasteiger partial charge in [0.15, 0.2) is 11.6 Å². The molecule has 0 amide bonds. The van der Waals surface area contributed by atoms with Crippen LogP contribution in [-0.2, 0) is 7.05 Å². The van der Waals surface area contributed by atoms with Crippen LogP contribution in [0.25, 0.3) is 10.9 Å². The molecule has 0 aliphatic rings. The van der Waals surface area contributed by atoms with E-state index in [-0.39, 0.29) is 5.75 Å². The van der Waals surface area contributed by atoms with E-state index in [1.807, 2.05) is 11.6 Å². The Labute approximate surface area is 68.9 Å². The summed E-state index contributed by atoms with van der Waals surface area (Å²) in [6, 6.07) is 4.59. The molecule has 1 aromatic carbocycles. The van der Waals surface area contributed by atoms with E-state index in [2.05, 4.69) is 0 Å². The van der Waals surface area contributed by atoms with E-state index in [9.17, 15) is 9.50 Å². The minimum absolute atomic E-state index is 0.270. The van der Waals surface area contributed by atoms with E-state index < -0.39 is 5.82 Å². The molecule has 0 saturated carbocycles. The summed E-state index contributed by atoms with van der Waals surface area (Å²) in [5.41, 5.74) is 0.828. The number of hydrogen-bond acceptors (Lipinski definition) is 1. The Morgan fingerprint density at radius 3 is 2.83 bits per heavy atom. The molecule has 0 spiro atoms. The van der Waals surface area contributed by atoms with Gasteiger partial charge in [-0.15, -0.1) is 0 Å². The van der Waals surface area contributed by atoms with Crippen molar-refractivity contribution in [1.29, 1.82) is 0 Å². The van der Waals surface area contributed by atoms with E-state index in [1.165, 1.54) is 6.07 Å². The van der Waals surface area contributed by atoms with E-state index in [4.69, 9.17) is 0 Å². The molecule has 0 aliphatic carbocycles. The van der Waals surface area contributed by atoms with Crippen LogP contribution in [0.3, 0.4) is 0 Å². The number of benzene rings is 1. The second-order valence-electron chi connectivity index (χ2n) is 2.76. The lowest BCUT2D eigenvalue weighted by atomic mass is 10.2. The van der Waals surface area contributed by atoms with Crippen LogP contribution in [0.4, 0.5) is 4.39 Å². The highest BCUT2D eigenvalue weighted by Gasteiger charge is 2.06. The van der Waals surface area contributed by atoms with Gasteiger partial charge in [0.1, 0.15) is 0 Å². The van der Waals surface area contributed by atoms with Crippen LogP contribution < -0.4 is 0 Å². The minimum Gasteiger partial charge on any atom is -0.504 e. The summed E-state index contributed by atoms with van der Waals surface area (Å²) >= 11 is 0. The first kappa shape index (κ1) is 7.16. The Kier molecular flexibility index (Phi) is 1.33. The number of aromatic hydroxyl groups is 1. The topological polar surface area (TPSA) is 25.2 Å². The maximum atomic E-state index is 12.8. The highest BCUT2D eigenvalue weighted by Crippen LogP contribution is 2.27. The maximum absolute atomic E-state index is 12.8. The number of phenolic OH excluding ortho intramolecular Hbond substituents is 1. The van der Waals surface area contributed by atoms with Crippen molar-refractivity contribution in [3.8, 4) is 5.75 Å². The van der Waals surface area contributed by atoms with Gasteiger partial charge in [-0.2, -0.15) is 0 Å². The molecule has 2 aromatic rings. The van der Waals surface area contributed by atoms with Gasteiger partial charge in [0.25, 0.3) is 0 Å². The zero-order valence-electron chi connectivity index (χ0n) is 6.58. The molecule has 0 bridgehead atoms. The molecule has 0 saturated heterocycles. The van der Waals surface area contributed by atoms with Crippen LogP contribution in [0.15, 0.2) is 24.4 Å². The molecule has 0 radical (unpaired) electrons. The van der Waals surface area contributed by atoms with Crippen molar-refractivity contribution >= 4 is 10.9 Å². The number of nitrogens with zero attached hydrogens (tertiary/aromatic N) is 1. The number of aromatic nitrogens is 1. The highest BCUT2D eigenvalue weighted by molar-refractivity contribution is 5.86. The van der Waals surface area contributed by atoms with E-state index in [0.717, 1.165) is 5.52 Å². The number of hydrogen-bond donors (Lipinski definition) is 1. The summed E-state index contributed by atoms with van der Waals surface area (Å²) in [6.07, 6.45) is 1.78. The van der Waals surface area contributed by atoms with E-state index in [1.54, 1.807) is 18.3 Å². The molecule has 12 heavy (non-hydrogen) atoms. The smallest absolute Gasteiger partial charge is 0.165 e. The first-order valence-electron chi connectivity index (χ1n) is 3.62. The van der Waals surface area contributed by atoms with Crippen molar-refractivity contribution < 1.29 is 9.50 Å². The molecular formula is C9H8FNO. The summed E-state index contributed by atoms with van der Waals surface area (Å²) in [5.74, 6) is -0.846. The average molecular weight is 165 g/mol. The molecule has 1 aromatic heterocycles. The largest absolute Gasteiger partial charge is 0.504 e. The van der Waals surface area contributed by atoms with Crippen LogP contribution in [0.1, 0.15) is 0 Å². The number of rotatable bonds is 0. The number of halogens is 1. The lowest BCUT2D eigenvalue weighted by molar-refractivity contribution is 0.439. The fourth-order valence-electron chi connectivity index (χ4n) is 1.31. The molecule has 0 atom stereocenters. The highest BCUT2D eigenvalue weighted by atomic mass is 19.1. The van der Waals surface area contributed by atoms with Crippen LogP contribution in [0.2, 0.25) is 0 Å². The Balaban J connectivity index is 2.93. The molecule has 0 aliphatic heterocycles. The molecular weight excluding hydrogens is 157 g/mol. The second-order valence-corrected chi connectivity index (χ2v) is 2.76. The molecule has 2 nitrogen and oxygen atoms in total. The SMILES string of the molecule is Cn1ccc2c(O)c(F)ccc21. The van der Waals surface area contributed by atoms with Crippen molar-refractivity contribution in [1.82, 2.24) is 4.57 Å². The van der Waals surface area contributed by atoms with Gasteiger partial charge >= 0.3 is 0 Å². The third-order valence-corrected chi connectivity index (χ3v) is 1.99. The minimum atomic E-state index is -0.575. The van der Waals surface area contributed by atoms with Gasteiger partial charge in [-0.25, -0.2) is 4.39 Å². The zero-order valence-corrected chi connectivity index (χ0v) is 6.58. The second kappa shape index (κ2) is 2.24. The van der Waals surface area contributed by atoms with Gasteiger partial charge in [0, 0.05) is 18.6 Å². The first-order valence-corrected chi connectivity index (χ1v) is 3.62. The van der Waals surface area contributed by atoms with E-state index >= 15 is 0 Å². The first-order chi connectivity index (χ1) is 5.70. The third-order valence-electron chi connectivity index (χ3n) is 1.99. The predicted molar refractivity (Wildman–Crippen MR) is 44.5 cm³/mol. The number of phenols is 1. The van der Waals surface area contributed by atoms with Gasteiger partial charge in [0.2, 0.25) is 0 Å². The fourth-order valence-corrected chi connectivity index (χ4v) is 1.31. The molecule has 0 fully saturated rings. The molecule has 2 rings (SSSR count). The van der Waals surface area contributed by atoms with Gasteiger partial charge in [0.05, 0.1) is 5.52 Å². The summed E-state index contributed by atoms with van der Waals surface area (Å²) in [4.78, 5) is 0. The maximum Gasteiger partial charge on any atom is 0.165 e. The standard InChI is InChI=1S/C9H8FNO/c1-11-5-4-6-8(11)3-2-7(10)9(6)12/h2-5,12H,1H3. The van der Waals surface area contributed by atoms with Crippen LogP contribution in [0, 0.1) is 5.82 Å². The van der Waals surface area contributed by atoms with Crippen molar-refractivity contribution in [2.75, 3.05) is 0 Å². The Morgan fingerprint density at radius 1 is 1.33 bits per heavy atom. The Morgan fingerprint density at radius 2 is 2.08 bits per heavy atom. The molecule has 3 heteroatoms.